The average molecular weight is 277 g/mol. The molecule has 1 aliphatic rings. The number of halogens is 1. The lowest BCUT2D eigenvalue weighted by molar-refractivity contribution is 0.0722. The molecule has 0 atom stereocenters. The summed E-state index contributed by atoms with van der Waals surface area (Å²) in [5, 5.41) is 0.543. The van der Waals surface area contributed by atoms with E-state index < -0.39 is 10.0 Å². The van der Waals surface area contributed by atoms with Crippen molar-refractivity contribution in [2.45, 2.75) is 13.0 Å². The molecule has 0 unspecified atom stereocenters. The summed E-state index contributed by atoms with van der Waals surface area (Å²) in [4.78, 5) is 3.99. The van der Waals surface area contributed by atoms with Crippen LogP contribution in [0.3, 0.4) is 0 Å². The van der Waals surface area contributed by atoms with Gasteiger partial charge in [-0.3, -0.25) is 0 Å². The topological polar surface area (TPSA) is 59.5 Å². The first kappa shape index (κ1) is 12.6. The van der Waals surface area contributed by atoms with Crippen LogP contribution in [-0.4, -0.2) is 42.7 Å². The Kier molecular flexibility index (Phi) is 3.56. The molecule has 17 heavy (non-hydrogen) atoms. The quantitative estimate of drug-likeness (QED) is 0.828. The third-order valence-corrected chi connectivity index (χ3v) is 4.60. The average Bonchev–Trinajstić information content (AvgIpc) is 2.25. The van der Waals surface area contributed by atoms with Crippen LogP contribution < -0.4 is 4.74 Å². The minimum absolute atomic E-state index is 0.120. The predicted octanol–water partition coefficient (Wildman–Crippen LogP) is 1.15. The molecule has 1 saturated heterocycles. The molecule has 0 bridgehead atoms. The van der Waals surface area contributed by atoms with Gasteiger partial charge in [-0.05, 0) is 13.0 Å². The molecule has 0 radical (unpaired) electrons. The van der Waals surface area contributed by atoms with Crippen molar-refractivity contribution in [3.63, 3.8) is 0 Å². The Morgan fingerprint density at radius 3 is 2.76 bits per heavy atom. The van der Waals surface area contributed by atoms with Crippen molar-refractivity contribution in [2.24, 2.45) is 0 Å². The lowest BCUT2D eigenvalue weighted by Gasteiger charge is -2.37. The van der Waals surface area contributed by atoms with Gasteiger partial charge in [-0.1, -0.05) is 11.6 Å². The van der Waals surface area contributed by atoms with Gasteiger partial charge >= 0.3 is 0 Å². The second-order valence-electron chi connectivity index (χ2n) is 3.77. The van der Waals surface area contributed by atoms with E-state index in [1.807, 2.05) is 0 Å². The van der Waals surface area contributed by atoms with E-state index in [4.69, 9.17) is 16.3 Å². The summed E-state index contributed by atoms with van der Waals surface area (Å²) in [5.74, 6) is 0.590. The smallest absolute Gasteiger partial charge is 0.214 e. The molecule has 1 fully saturated rings. The van der Waals surface area contributed by atoms with Gasteiger partial charge in [0.2, 0.25) is 15.9 Å². The van der Waals surface area contributed by atoms with Crippen LogP contribution in [0.15, 0.2) is 18.3 Å². The Morgan fingerprint density at radius 1 is 1.53 bits per heavy atom. The number of sulfonamides is 1. The number of nitrogens with zero attached hydrogens (tertiary/aromatic N) is 2. The first-order valence-corrected chi connectivity index (χ1v) is 7.26. The van der Waals surface area contributed by atoms with E-state index >= 15 is 0 Å². The summed E-state index contributed by atoms with van der Waals surface area (Å²) in [7, 11) is -3.08. The normalized spacial score (nSPS) is 17.8. The molecule has 1 aliphatic heterocycles. The minimum Gasteiger partial charge on any atom is -0.472 e. The van der Waals surface area contributed by atoms with Crippen LogP contribution in [0, 0.1) is 0 Å². The monoisotopic (exact) mass is 276 g/mol. The highest BCUT2D eigenvalue weighted by atomic mass is 35.5. The summed E-state index contributed by atoms with van der Waals surface area (Å²) >= 11 is 5.69. The largest absolute Gasteiger partial charge is 0.472 e. The van der Waals surface area contributed by atoms with Gasteiger partial charge in [-0.2, -0.15) is 4.31 Å². The molecule has 2 heterocycles. The van der Waals surface area contributed by atoms with Crippen molar-refractivity contribution in [2.75, 3.05) is 18.8 Å². The fourth-order valence-corrected chi connectivity index (χ4v) is 2.75. The number of pyridine rings is 1. The van der Waals surface area contributed by atoms with Gasteiger partial charge in [0.05, 0.1) is 23.9 Å². The lowest BCUT2D eigenvalue weighted by Crippen LogP contribution is -2.56. The number of ether oxygens (including phenoxy) is 1. The van der Waals surface area contributed by atoms with Crippen LogP contribution >= 0.6 is 11.6 Å². The van der Waals surface area contributed by atoms with Gasteiger partial charge in [0, 0.05) is 12.3 Å². The summed E-state index contributed by atoms with van der Waals surface area (Å²) in [6, 6.07) is 3.35. The maximum absolute atomic E-state index is 11.5. The van der Waals surface area contributed by atoms with E-state index in [-0.39, 0.29) is 11.9 Å². The SMILES string of the molecule is CCS(=O)(=O)N1CC(Oc2ccc(Cl)cn2)C1. The van der Waals surface area contributed by atoms with Crippen LogP contribution in [0.2, 0.25) is 5.02 Å². The molecule has 0 amide bonds. The molecule has 0 spiro atoms. The van der Waals surface area contributed by atoms with E-state index in [2.05, 4.69) is 4.98 Å². The highest BCUT2D eigenvalue weighted by Gasteiger charge is 2.36. The summed E-state index contributed by atoms with van der Waals surface area (Å²) in [6.07, 6.45) is 1.38. The van der Waals surface area contributed by atoms with Gasteiger partial charge in [0.15, 0.2) is 0 Å². The molecule has 0 N–H and O–H groups in total. The molecule has 2 rings (SSSR count). The number of aromatic nitrogens is 1. The first-order chi connectivity index (χ1) is 8.01. The Morgan fingerprint density at radius 2 is 2.24 bits per heavy atom. The molecule has 1 aromatic heterocycles. The van der Waals surface area contributed by atoms with Crippen molar-refractivity contribution < 1.29 is 13.2 Å². The Bertz CT molecular complexity index is 483. The van der Waals surface area contributed by atoms with Crippen molar-refractivity contribution in [3.8, 4) is 5.88 Å². The Labute approximate surface area is 105 Å². The van der Waals surface area contributed by atoms with Gasteiger partial charge < -0.3 is 4.74 Å². The maximum atomic E-state index is 11.5. The van der Waals surface area contributed by atoms with Crippen LogP contribution in [0.4, 0.5) is 0 Å². The van der Waals surface area contributed by atoms with E-state index in [9.17, 15) is 8.42 Å². The number of hydrogen-bond acceptors (Lipinski definition) is 4. The number of hydrogen-bond donors (Lipinski definition) is 0. The van der Waals surface area contributed by atoms with Crippen molar-refractivity contribution in [3.05, 3.63) is 23.4 Å². The molecule has 5 nitrogen and oxygen atoms in total. The Hall–Kier alpha value is -0.850. The van der Waals surface area contributed by atoms with Crippen LogP contribution in [0.5, 0.6) is 5.88 Å². The second-order valence-corrected chi connectivity index (χ2v) is 6.47. The fraction of sp³-hybridized carbons (Fsp3) is 0.500. The fourth-order valence-electron chi connectivity index (χ4n) is 1.49. The van der Waals surface area contributed by atoms with E-state index in [0.717, 1.165) is 0 Å². The molecule has 1 aromatic rings. The van der Waals surface area contributed by atoms with Crippen LogP contribution in [-0.2, 0) is 10.0 Å². The molecule has 0 aliphatic carbocycles. The third kappa shape index (κ3) is 2.88. The highest BCUT2D eigenvalue weighted by molar-refractivity contribution is 7.89. The van der Waals surface area contributed by atoms with E-state index in [0.29, 0.717) is 24.0 Å². The van der Waals surface area contributed by atoms with E-state index in [1.54, 1.807) is 19.1 Å². The zero-order valence-corrected chi connectivity index (χ0v) is 10.9. The van der Waals surface area contributed by atoms with Gasteiger partial charge in [0.1, 0.15) is 6.10 Å². The summed E-state index contributed by atoms with van der Waals surface area (Å²) < 4.78 is 29.8. The van der Waals surface area contributed by atoms with E-state index in [1.165, 1.54) is 10.5 Å². The number of rotatable bonds is 4. The maximum Gasteiger partial charge on any atom is 0.214 e. The van der Waals surface area contributed by atoms with Gasteiger partial charge in [-0.25, -0.2) is 13.4 Å². The first-order valence-electron chi connectivity index (χ1n) is 5.27. The highest BCUT2D eigenvalue weighted by Crippen LogP contribution is 2.20. The van der Waals surface area contributed by atoms with Gasteiger partial charge in [-0.15, -0.1) is 0 Å². The zero-order chi connectivity index (χ0) is 12.5. The minimum atomic E-state index is -3.08. The van der Waals surface area contributed by atoms with Crippen molar-refractivity contribution in [1.29, 1.82) is 0 Å². The molecule has 0 aromatic carbocycles. The molecular weight excluding hydrogens is 264 g/mol. The predicted molar refractivity (Wildman–Crippen MR) is 64.7 cm³/mol. The van der Waals surface area contributed by atoms with Crippen molar-refractivity contribution in [1.82, 2.24) is 9.29 Å². The molecular formula is C10H13ClN2O3S. The molecule has 0 saturated carbocycles. The Balaban J connectivity index is 1.87. The lowest BCUT2D eigenvalue weighted by atomic mass is 10.2. The molecule has 94 valence electrons. The second kappa shape index (κ2) is 4.80. The van der Waals surface area contributed by atoms with Gasteiger partial charge in [0.25, 0.3) is 0 Å². The molecule has 7 heteroatoms. The summed E-state index contributed by atoms with van der Waals surface area (Å²) in [5.41, 5.74) is 0. The zero-order valence-electron chi connectivity index (χ0n) is 9.34. The van der Waals surface area contributed by atoms with Crippen LogP contribution in [0.25, 0.3) is 0 Å². The summed E-state index contributed by atoms with van der Waals surface area (Å²) in [6.45, 7) is 2.41. The third-order valence-electron chi connectivity index (χ3n) is 2.56. The van der Waals surface area contributed by atoms with Crippen molar-refractivity contribution >= 4 is 21.6 Å². The van der Waals surface area contributed by atoms with Crippen LogP contribution in [0.1, 0.15) is 6.92 Å². The standard InChI is InChI=1S/C10H13ClN2O3S/c1-2-17(14,15)13-6-9(7-13)16-10-4-3-8(11)5-12-10/h3-5,9H,2,6-7H2,1H3.